The molecule has 1 aromatic carbocycles. The van der Waals surface area contributed by atoms with Gasteiger partial charge in [-0.05, 0) is 58.2 Å². The number of carbonyl (C=O) groups is 2. The third-order valence-electron chi connectivity index (χ3n) is 4.38. The zero-order valence-corrected chi connectivity index (χ0v) is 17.5. The first kappa shape index (κ1) is 21.4. The van der Waals surface area contributed by atoms with Crippen LogP contribution in [0.2, 0.25) is 0 Å². The number of likely N-dealkylation sites (N-methyl/N-ethyl adjacent to an activating group) is 1. The molecule has 2 amide bonds. The predicted octanol–water partition coefficient (Wildman–Crippen LogP) is 1.77. The summed E-state index contributed by atoms with van der Waals surface area (Å²) in [5.41, 5.74) is 0.574. The zero-order valence-electron chi connectivity index (χ0n) is 16.7. The van der Waals surface area contributed by atoms with Crippen LogP contribution in [0.25, 0.3) is 0 Å². The Morgan fingerprint density at radius 1 is 1.19 bits per heavy atom. The monoisotopic (exact) mass is 395 g/mol. The maximum absolute atomic E-state index is 12.8. The molecule has 8 heteroatoms. The van der Waals surface area contributed by atoms with E-state index in [2.05, 4.69) is 5.32 Å². The number of aryl methyl sites for hydroxylation is 1. The Hall–Kier alpha value is -1.93. The molecule has 0 unspecified atom stereocenters. The van der Waals surface area contributed by atoms with Crippen LogP contribution in [0.3, 0.4) is 0 Å². The van der Waals surface area contributed by atoms with Crippen LogP contribution in [0.1, 0.15) is 49.5 Å². The molecule has 1 saturated heterocycles. The molecule has 1 heterocycles. The molecule has 0 bridgehead atoms. The van der Waals surface area contributed by atoms with Gasteiger partial charge in [0.05, 0.1) is 11.4 Å². The van der Waals surface area contributed by atoms with Crippen LogP contribution >= 0.6 is 0 Å². The lowest BCUT2D eigenvalue weighted by molar-refractivity contribution is -0.122. The van der Waals surface area contributed by atoms with Crippen molar-refractivity contribution >= 4 is 21.8 Å². The Morgan fingerprint density at radius 2 is 1.78 bits per heavy atom. The van der Waals surface area contributed by atoms with Crippen molar-refractivity contribution in [2.75, 3.05) is 26.7 Å². The van der Waals surface area contributed by atoms with Gasteiger partial charge in [0, 0.05) is 31.2 Å². The van der Waals surface area contributed by atoms with E-state index in [9.17, 15) is 18.0 Å². The van der Waals surface area contributed by atoms with Crippen molar-refractivity contribution in [3.8, 4) is 0 Å². The Labute approximate surface area is 161 Å². The summed E-state index contributed by atoms with van der Waals surface area (Å²) in [7, 11) is -2.07. The van der Waals surface area contributed by atoms with Crippen molar-refractivity contribution < 1.29 is 18.0 Å². The van der Waals surface area contributed by atoms with Gasteiger partial charge in [-0.3, -0.25) is 9.59 Å². The fourth-order valence-corrected chi connectivity index (χ4v) is 4.56. The summed E-state index contributed by atoms with van der Waals surface area (Å²) in [6, 6.07) is 4.59. The highest BCUT2D eigenvalue weighted by molar-refractivity contribution is 7.89. The number of hydrogen-bond donors (Lipinski definition) is 1. The maximum Gasteiger partial charge on any atom is 0.254 e. The average molecular weight is 396 g/mol. The summed E-state index contributed by atoms with van der Waals surface area (Å²) in [5.74, 6) is -0.646. The summed E-state index contributed by atoms with van der Waals surface area (Å²) in [5, 5.41) is 2.81. The highest BCUT2D eigenvalue weighted by atomic mass is 32.2. The number of hydrogen-bond acceptors (Lipinski definition) is 4. The molecular weight excluding hydrogens is 366 g/mol. The minimum Gasteiger partial charge on any atom is -0.350 e. The van der Waals surface area contributed by atoms with Crippen molar-refractivity contribution in [2.45, 2.75) is 51.0 Å². The molecule has 2 rings (SSSR count). The van der Waals surface area contributed by atoms with Crippen molar-refractivity contribution in [1.29, 1.82) is 0 Å². The molecule has 0 aromatic heterocycles. The Bertz CT molecular complexity index is 822. The number of sulfonamides is 1. The molecule has 150 valence electrons. The number of rotatable bonds is 5. The van der Waals surface area contributed by atoms with Gasteiger partial charge in [-0.2, -0.15) is 4.31 Å². The fraction of sp³-hybridized carbons (Fsp3) is 0.579. The standard InChI is InChI=1S/C19H29N3O4S/c1-14-8-9-15(27(25,26)22-10-6-7-11-22)12-16(14)18(24)21(5)13-17(23)20-19(2,3)4/h8-9,12H,6-7,10-11,13H2,1-5H3,(H,20,23). The van der Waals surface area contributed by atoms with Gasteiger partial charge in [-0.25, -0.2) is 8.42 Å². The third-order valence-corrected chi connectivity index (χ3v) is 6.28. The van der Waals surface area contributed by atoms with E-state index in [1.807, 2.05) is 20.8 Å². The first-order chi connectivity index (χ1) is 12.4. The molecule has 1 N–H and O–H groups in total. The van der Waals surface area contributed by atoms with Crippen molar-refractivity contribution in [2.24, 2.45) is 0 Å². The summed E-state index contributed by atoms with van der Waals surface area (Å²) < 4.78 is 27.0. The van der Waals surface area contributed by atoms with Crippen molar-refractivity contribution in [3.05, 3.63) is 29.3 Å². The maximum atomic E-state index is 12.8. The minimum absolute atomic E-state index is 0.0986. The highest BCUT2D eigenvalue weighted by Gasteiger charge is 2.28. The molecule has 0 radical (unpaired) electrons. The van der Waals surface area contributed by atoms with Crippen LogP contribution in [0.4, 0.5) is 0 Å². The Morgan fingerprint density at radius 3 is 2.33 bits per heavy atom. The number of amides is 2. The van der Waals surface area contributed by atoms with Gasteiger partial charge < -0.3 is 10.2 Å². The highest BCUT2D eigenvalue weighted by Crippen LogP contribution is 2.23. The number of carbonyl (C=O) groups excluding carboxylic acids is 2. The molecule has 27 heavy (non-hydrogen) atoms. The van der Waals surface area contributed by atoms with Crippen LogP contribution in [0.15, 0.2) is 23.1 Å². The third kappa shape index (κ3) is 5.29. The molecule has 1 aromatic rings. The molecule has 7 nitrogen and oxygen atoms in total. The molecule has 1 aliphatic rings. The van der Waals surface area contributed by atoms with Gasteiger partial charge in [0.2, 0.25) is 15.9 Å². The SMILES string of the molecule is Cc1ccc(S(=O)(=O)N2CCCC2)cc1C(=O)N(C)CC(=O)NC(C)(C)C. The van der Waals surface area contributed by atoms with Crippen molar-refractivity contribution in [3.63, 3.8) is 0 Å². The molecule has 0 aliphatic carbocycles. The second-order valence-corrected chi connectivity index (χ2v) is 9.99. The van der Waals surface area contributed by atoms with Gasteiger partial charge in [-0.1, -0.05) is 6.07 Å². The summed E-state index contributed by atoms with van der Waals surface area (Å²) >= 11 is 0. The van der Waals surface area contributed by atoms with E-state index >= 15 is 0 Å². The number of benzene rings is 1. The van der Waals surface area contributed by atoms with Crippen LogP contribution in [0.5, 0.6) is 0 Å². The van der Waals surface area contributed by atoms with E-state index in [0.29, 0.717) is 24.2 Å². The van der Waals surface area contributed by atoms with E-state index < -0.39 is 10.0 Å². The first-order valence-corrected chi connectivity index (χ1v) is 10.5. The number of nitrogens with zero attached hydrogens (tertiary/aromatic N) is 2. The normalized spacial score (nSPS) is 15.6. The van der Waals surface area contributed by atoms with E-state index in [1.165, 1.54) is 28.4 Å². The lowest BCUT2D eigenvalue weighted by atomic mass is 10.1. The van der Waals surface area contributed by atoms with E-state index in [0.717, 1.165) is 12.8 Å². The van der Waals surface area contributed by atoms with Crippen LogP contribution in [0, 0.1) is 6.92 Å². The Kier molecular flexibility index (Phi) is 6.32. The smallest absolute Gasteiger partial charge is 0.254 e. The van der Waals surface area contributed by atoms with Crippen molar-refractivity contribution in [1.82, 2.24) is 14.5 Å². The van der Waals surface area contributed by atoms with Crippen LogP contribution in [-0.4, -0.2) is 61.7 Å². The number of nitrogens with one attached hydrogen (secondary N) is 1. The van der Waals surface area contributed by atoms with Gasteiger partial charge in [0.25, 0.3) is 5.91 Å². The predicted molar refractivity (Wildman–Crippen MR) is 104 cm³/mol. The second kappa shape index (κ2) is 7.98. The molecule has 0 spiro atoms. The van der Waals surface area contributed by atoms with Gasteiger partial charge in [-0.15, -0.1) is 0 Å². The molecular formula is C19H29N3O4S. The van der Waals surface area contributed by atoms with E-state index in [-0.39, 0.29) is 28.8 Å². The zero-order chi connectivity index (χ0) is 20.4. The van der Waals surface area contributed by atoms with E-state index in [4.69, 9.17) is 0 Å². The topological polar surface area (TPSA) is 86.8 Å². The summed E-state index contributed by atoms with van der Waals surface area (Å²) in [6.07, 6.45) is 1.70. The first-order valence-electron chi connectivity index (χ1n) is 9.09. The molecule has 1 fully saturated rings. The molecule has 1 aliphatic heterocycles. The summed E-state index contributed by atoms with van der Waals surface area (Å²) in [4.78, 5) is 26.3. The summed E-state index contributed by atoms with van der Waals surface area (Å²) in [6.45, 7) is 8.26. The average Bonchev–Trinajstić information content (AvgIpc) is 3.07. The molecule has 0 saturated carbocycles. The van der Waals surface area contributed by atoms with Crippen LogP contribution < -0.4 is 5.32 Å². The van der Waals surface area contributed by atoms with E-state index in [1.54, 1.807) is 13.0 Å². The largest absolute Gasteiger partial charge is 0.350 e. The van der Waals surface area contributed by atoms with Crippen LogP contribution in [-0.2, 0) is 14.8 Å². The fourth-order valence-electron chi connectivity index (χ4n) is 3.02. The lowest BCUT2D eigenvalue weighted by Gasteiger charge is -2.24. The quantitative estimate of drug-likeness (QED) is 0.823. The minimum atomic E-state index is -3.60. The van der Waals surface area contributed by atoms with Gasteiger partial charge in [0.15, 0.2) is 0 Å². The molecule has 0 atom stereocenters. The lowest BCUT2D eigenvalue weighted by Crippen LogP contribution is -2.46. The Balaban J connectivity index is 2.22. The van der Waals surface area contributed by atoms with Gasteiger partial charge >= 0.3 is 0 Å². The second-order valence-electron chi connectivity index (χ2n) is 8.05. The van der Waals surface area contributed by atoms with Gasteiger partial charge in [0.1, 0.15) is 0 Å².